The van der Waals surface area contributed by atoms with Crippen LogP contribution >= 0.6 is 23.5 Å². The van der Waals surface area contributed by atoms with Crippen LogP contribution in [-0.4, -0.2) is 164 Å². The number of nitrogens with zero attached hydrogens (tertiary/aromatic N) is 2. The molecule has 1 heterocycles. The van der Waals surface area contributed by atoms with Crippen molar-refractivity contribution in [1.29, 1.82) is 0 Å². The van der Waals surface area contributed by atoms with E-state index in [9.17, 15) is 51.6 Å². The predicted octanol–water partition coefficient (Wildman–Crippen LogP) is 3.83. The Bertz CT molecular complexity index is 3800. The number of aryl methyl sites for hydroxylation is 1. The van der Waals surface area contributed by atoms with Gasteiger partial charge in [0, 0.05) is 67.4 Å². The summed E-state index contributed by atoms with van der Waals surface area (Å²) in [6.45, 7) is 5.03. The van der Waals surface area contributed by atoms with E-state index in [0.717, 1.165) is 60.1 Å². The first-order valence-corrected chi connectivity index (χ1v) is 39.0. The second-order valence-electron chi connectivity index (χ2n) is 26.4. The highest BCUT2D eigenvalue weighted by Crippen LogP contribution is 2.44. The first-order valence-electron chi connectivity index (χ1n) is 35.4. The van der Waals surface area contributed by atoms with Gasteiger partial charge in [0.15, 0.2) is 0 Å². The zero-order chi connectivity index (χ0) is 75.0. The van der Waals surface area contributed by atoms with Gasteiger partial charge in [0.2, 0.25) is 65.0 Å². The van der Waals surface area contributed by atoms with E-state index < -0.39 is 130 Å². The number of aliphatic imine (C=N–C) groups is 1. The smallest absolute Gasteiger partial charge is 0.264 e. The molecule has 1 unspecified atom stereocenters. The van der Waals surface area contributed by atoms with Crippen LogP contribution in [0.4, 0.5) is 0 Å². The average molecular weight is 1490 g/mol. The Balaban J connectivity index is 1.08. The van der Waals surface area contributed by atoms with Crippen molar-refractivity contribution < 1.29 is 56.4 Å². The fourth-order valence-corrected chi connectivity index (χ4v) is 15.7. The SMILES string of the molecule is CCC(C)[C@H](NC(=O)[C@H](Cc1ccccc1)NC(=O)[C@@H](Cc1ccccc1)NC(=O)CC1(SCc2ccccc2)CCCCC1)C(=O)N[C@@H](CC(N)=O)C(=O)N[C@@H](CSCc1ccccc1)C(=O)N1CCC[C@H]1C(=O)N[C@@H](CCCN=C(N)NS(=O)(=O)c1ccc(C)cc1)C(=O)NCC(=O)NCCN. The monoisotopic (exact) mass is 1480 g/mol. The van der Waals surface area contributed by atoms with E-state index in [1.807, 2.05) is 78.9 Å². The number of sulfonamides is 1. The van der Waals surface area contributed by atoms with Gasteiger partial charge in [-0.3, -0.25) is 52.9 Å². The molecule has 1 saturated heterocycles. The zero-order valence-electron chi connectivity index (χ0n) is 59.3. The number of amides is 10. The van der Waals surface area contributed by atoms with Crippen molar-refractivity contribution in [3.05, 3.63) is 173 Å². The van der Waals surface area contributed by atoms with Crippen molar-refractivity contribution >= 4 is 98.6 Å². The minimum Gasteiger partial charge on any atom is -0.370 e. The van der Waals surface area contributed by atoms with Gasteiger partial charge in [-0.15, -0.1) is 11.8 Å². The quantitative estimate of drug-likeness (QED) is 0.0151. The lowest BCUT2D eigenvalue weighted by molar-refractivity contribution is -0.142. The number of benzene rings is 5. The maximum Gasteiger partial charge on any atom is 0.264 e. The molecular formula is C75H100N14O12S3. The number of carbonyl (C=O) groups excluding carboxylic acids is 10. The first-order chi connectivity index (χ1) is 49.9. The molecule has 0 bridgehead atoms. The number of hydrogen-bond donors (Lipinski definition) is 12. The normalized spacial score (nSPS) is 16.3. The number of likely N-dealkylation sites (tertiary alicyclic amines) is 1. The molecule has 560 valence electrons. The Morgan fingerprint density at radius 2 is 1.15 bits per heavy atom. The third kappa shape index (κ3) is 26.7. The second-order valence-corrected chi connectivity index (χ2v) is 30.5. The van der Waals surface area contributed by atoms with E-state index in [4.69, 9.17) is 17.2 Å². The molecule has 29 heteroatoms. The lowest BCUT2D eigenvalue weighted by Crippen LogP contribution is -2.62. The summed E-state index contributed by atoms with van der Waals surface area (Å²) in [6.07, 6.45) is 4.92. The van der Waals surface area contributed by atoms with Gasteiger partial charge in [0.1, 0.15) is 42.3 Å². The van der Waals surface area contributed by atoms with E-state index in [1.54, 1.807) is 75.0 Å². The fourth-order valence-electron chi connectivity index (χ4n) is 12.3. The minimum atomic E-state index is -4.09. The highest BCUT2D eigenvalue weighted by Gasteiger charge is 2.42. The van der Waals surface area contributed by atoms with Gasteiger partial charge < -0.3 is 64.6 Å². The van der Waals surface area contributed by atoms with Gasteiger partial charge in [0.05, 0.1) is 17.9 Å². The van der Waals surface area contributed by atoms with Crippen molar-refractivity contribution in [2.75, 3.05) is 38.5 Å². The largest absolute Gasteiger partial charge is 0.370 e. The van der Waals surface area contributed by atoms with E-state index in [2.05, 4.69) is 64.4 Å². The summed E-state index contributed by atoms with van der Waals surface area (Å²) < 4.78 is 27.8. The van der Waals surface area contributed by atoms with Crippen LogP contribution in [0.1, 0.15) is 119 Å². The van der Waals surface area contributed by atoms with Crippen LogP contribution in [0, 0.1) is 12.8 Å². The maximum atomic E-state index is 15.1. The number of rotatable bonds is 40. The molecule has 7 rings (SSSR count). The fraction of sp³-hybridized carbons (Fsp3) is 0.453. The molecule has 0 aromatic heterocycles. The van der Waals surface area contributed by atoms with E-state index in [-0.39, 0.29) is 86.0 Å². The summed E-state index contributed by atoms with van der Waals surface area (Å²) in [5.41, 5.74) is 21.6. The molecule has 0 radical (unpaired) electrons. The molecular weight excluding hydrogens is 1390 g/mol. The molecule has 2 aliphatic rings. The van der Waals surface area contributed by atoms with Crippen LogP contribution in [0.5, 0.6) is 0 Å². The molecule has 5 aromatic carbocycles. The van der Waals surface area contributed by atoms with Gasteiger partial charge in [0.25, 0.3) is 10.0 Å². The Morgan fingerprint density at radius 3 is 1.74 bits per heavy atom. The summed E-state index contributed by atoms with van der Waals surface area (Å²) in [5.74, 6) is -7.37. The average Bonchev–Trinajstić information content (AvgIpc) is 1.50. The Labute approximate surface area is 617 Å². The number of thioether (sulfide) groups is 2. The van der Waals surface area contributed by atoms with Gasteiger partial charge in [-0.1, -0.05) is 179 Å². The topological polar surface area (TPSA) is 407 Å². The third-order valence-corrected chi connectivity index (χ3v) is 22.3. The zero-order valence-corrected chi connectivity index (χ0v) is 61.7. The standard InChI is InChI=1S/C75H100N14O12S3/c1-4-51(3)66(87-70(96)59(43-53-24-12-6-13-25-53)84-68(94)58(42-52-22-10-5-11-23-52)82-64(91)45-75(36-18-9-19-37-75)103-48-55-28-16-8-17-29-55)72(98)85-60(44-63(77)90)69(95)86-61(49-102-47-54-26-14-7-15-27-54)73(99)89-41-21-31-62(89)71(97)83-57(67(93)81-46-65(92)79-40-38-76)30-20-39-80-74(78)88-104(100,101)56-34-32-50(2)33-35-56/h5-8,10-17,22-29,32-35,51,57-62,66H,4,9,18-21,30-31,36-49,76H2,1-3H3,(H2,77,90)(H,79,92)(H,81,93)(H,82,91)(H,83,97)(H,84,94)(H,85,98)(H,86,95)(H,87,96)(H3,78,80,88)/t51?,57-,58+,59-,60-,61-,62-,66-/m0/s1. The van der Waals surface area contributed by atoms with Gasteiger partial charge in [-0.2, -0.15) is 11.8 Å². The van der Waals surface area contributed by atoms with E-state index in [0.29, 0.717) is 24.2 Å². The van der Waals surface area contributed by atoms with Crippen molar-refractivity contribution in [3.63, 3.8) is 0 Å². The first kappa shape index (κ1) is 82.0. The number of carbonyl (C=O) groups is 10. The molecule has 10 amide bonds. The Morgan fingerprint density at radius 1 is 0.606 bits per heavy atom. The number of nitrogens with one attached hydrogen (secondary N) is 9. The molecule has 5 aromatic rings. The molecule has 15 N–H and O–H groups in total. The van der Waals surface area contributed by atoms with Gasteiger partial charge in [-0.25, -0.2) is 13.1 Å². The number of hydrogen-bond acceptors (Lipinski definition) is 16. The molecule has 1 aliphatic heterocycles. The molecule has 1 saturated carbocycles. The molecule has 26 nitrogen and oxygen atoms in total. The predicted molar refractivity (Wildman–Crippen MR) is 403 cm³/mol. The van der Waals surface area contributed by atoms with Gasteiger partial charge >= 0.3 is 0 Å². The molecule has 104 heavy (non-hydrogen) atoms. The second kappa shape index (κ2) is 41.8. The van der Waals surface area contributed by atoms with Gasteiger partial charge in [-0.05, 0) is 85.8 Å². The highest BCUT2D eigenvalue weighted by atomic mass is 32.2. The maximum absolute atomic E-state index is 15.1. The van der Waals surface area contributed by atoms with Crippen molar-refractivity contribution in [1.82, 2.24) is 52.2 Å². The summed E-state index contributed by atoms with van der Waals surface area (Å²) in [5, 5.41) is 22.0. The molecule has 2 fully saturated rings. The molecule has 1 aliphatic carbocycles. The summed E-state index contributed by atoms with van der Waals surface area (Å²) in [7, 11) is -4.09. The lowest BCUT2D eigenvalue weighted by atomic mass is 9.85. The lowest BCUT2D eigenvalue weighted by Gasteiger charge is -2.37. The van der Waals surface area contributed by atoms with Crippen LogP contribution in [0.2, 0.25) is 0 Å². The molecule has 8 atom stereocenters. The summed E-state index contributed by atoms with van der Waals surface area (Å²) in [6, 6.07) is 34.1. The Kier molecular flexibility index (Phi) is 33.0. The summed E-state index contributed by atoms with van der Waals surface area (Å²) >= 11 is 3.05. The Hall–Kier alpha value is -9.32. The van der Waals surface area contributed by atoms with Crippen molar-refractivity contribution in [2.45, 2.75) is 174 Å². The van der Waals surface area contributed by atoms with Crippen LogP contribution < -0.4 is 64.5 Å². The highest BCUT2D eigenvalue weighted by molar-refractivity contribution is 8.00. The van der Waals surface area contributed by atoms with E-state index >= 15 is 4.79 Å². The minimum absolute atomic E-state index is 0.0364. The van der Waals surface area contributed by atoms with Crippen LogP contribution in [-0.2, 0) is 82.3 Å². The molecule has 0 spiro atoms. The van der Waals surface area contributed by atoms with E-state index in [1.165, 1.54) is 28.8 Å². The van der Waals surface area contributed by atoms with Crippen molar-refractivity contribution in [2.24, 2.45) is 28.1 Å². The van der Waals surface area contributed by atoms with Crippen LogP contribution in [0.3, 0.4) is 0 Å². The van der Waals surface area contributed by atoms with Crippen LogP contribution in [0.25, 0.3) is 0 Å². The van der Waals surface area contributed by atoms with Crippen LogP contribution in [0.15, 0.2) is 155 Å². The number of nitrogens with two attached hydrogens (primary N) is 3. The number of primary amides is 1. The number of guanidine groups is 1. The van der Waals surface area contributed by atoms with Crippen molar-refractivity contribution in [3.8, 4) is 0 Å². The third-order valence-electron chi connectivity index (χ3n) is 18.2. The summed E-state index contributed by atoms with van der Waals surface area (Å²) in [4.78, 5) is 148.